The normalized spacial score (nSPS) is 18.8. The van der Waals surface area contributed by atoms with Crippen LogP contribution in [-0.2, 0) is 11.3 Å². The van der Waals surface area contributed by atoms with E-state index in [0.717, 1.165) is 47.8 Å². The molecule has 0 spiro atoms. The summed E-state index contributed by atoms with van der Waals surface area (Å²) in [6.07, 6.45) is 4.64. The highest BCUT2D eigenvalue weighted by atomic mass is 16.5. The van der Waals surface area contributed by atoms with Crippen LogP contribution in [0.3, 0.4) is 0 Å². The van der Waals surface area contributed by atoms with Crippen LogP contribution in [0.4, 0.5) is 11.8 Å². The third-order valence-corrected chi connectivity index (χ3v) is 4.08. The first-order chi connectivity index (χ1) is 10.2. The predicted molar refractivity (Wildman–Crippen MR) is 82.8 cm³/mol. The Morgan fingerprint density at radius 2 is 2.14 bits per heavy atom. The first-order valence-corrected chi connectivity index (χ1v) is 7.14. The van der Waals surface area contributed by atoms with E-state index in [1.807, 2.05) is 6.07 Å². The van der Waals surface area contributed by atoms with Gasteiger partial charge in [-0.05, 0) is 31.0 Å². The number of aromatic nitrogens is 3. The van der Waals surface area contributed by atoms with Crippen molar-refractivity contribution < 1.29 is 4.74 Å². The molecule has 1 fully saturated rings. The van der Waals surface area contributed by atoms with Gasteiger partial charge in [0.2, 0.25) is 5.95 Å². The highest BCUT2D eigenvalue weighted by Crippen LogP contribution is 2.30. The van der Waals surface area contributed by atoms with Crippen molar-refractivity contribution >= 4 is 33.6 Å². The van der Waals surface area contributed by atoms with Crippen molar-refractivity contribution in [2.75, 3.05) is 18.1 Å². The number of rotatable bonds is 2. The van der Waals surface area contributed by atoms with Crippen LogP contribution in [0.5, 0.6) is 0 Å². The van der Waals surface area contributed by atoms with Crippen molar-refractivity contribution in [1.29, 1.82) is 0 Å². The lowest BCUT2D eigenvalue weighted by molar-refractivity contribution is 0.0980. The molecule has 0 radical (unpaired) electrons. The molecule has 1 saturated heterocycles. The van der Waals surface area contributed by atoms with Gasteiger partial charge in [0.1, 0.15) is 5.82 Å². The maximum absolute atomic E-state index is 6.03. The van der Waals surface area contributed by atoms with Crippen molar-refractivity contribution in [1.82, 2.24) is 14.5 Å². The third-order valence-electron chi connectivity index (χ3n) is 4.08. The van der Waals surface area contributed by atoms with Crippen LogP contribution in [0, 0.1) is 0 Å². The topological polar surface area (TPSA) is 92.0 Å². The highest BCUT2D eigenvalue weighted by Gasteiger charge is 2.17. The zero-order valence-corrected chi connectivity index (χ0v) is 11.6. The summed E-state index contributed by atoms with van der Waals surface area (Å²) in [5.41, 5.74) is 13.6. The Morgan fingerprint density at radius 3 is 2.95 bits per heavy atom. The molecule has 0 amide bonds. The number of hydrogen-bond acceptors (Lipinski definition) is 5. The molecule has 1 aliphatic rings. The van der Waals surface area contributed by atoms with E-state index in [0.29, 0.717) is 11.9 Å². The second-order valence-corrected chi connectivity index (χ2v) is 5.46. The summed E-state index contributed by atoms with van der Waals surface area (Å²) in [5, 5.41) is 1.93. The number of nitrogen functional groups attached to an aromatic ring is 2. The molecular weight excluding hydrogens is 266 g/mol. The summed E-state index contributed by atoms with van der Waals surface area (Å²) in [6, 6.07) is 6.05. The van der Waals surface area contributed by atoms with E-state index in [-0.39, 0.29) is 5.95 Å². The quantitative estimate of drug-likeness (QED) is 0.749. The van der Waals surface area contributed by atoms with E-state index in [1.54, 1.807) is 0 Å². The number of fused-ring (bicyclic) bond motifs is 3. The Bertz CT molecular complexity index is 820. The van der Waals surface area contributed by atoms with Crippen molar-refractivity contribution in [3.8, 4) is 0 Å². The van der Waals surface area contributed by atoms with Crippen molar-refractivity contribution in [3.63, 3.8) is 0 Å². The molecule has 108 valence electrons. The fourth-order valence-corrected chi connectivity index (χ4v) is 3.12. The summed E-state index contributed by atoms with van der Waals surface area (Å²) in [4.78, 5) is 8.33. The van der Waals surface area contributed by atoms with Crippen molar-refractivity contribution in [2.24, 2.45) is 0 Å². The maximum atomic E-state index is 6.03. The lowest BCUT2D eigenvalue weighted by Gasteiger charge is -2.12. The van der Waals surface area contributed by atoms with Gasteiger partial charge in [0.15, 0.2) is 0 Å². The minimum atomic E-state index is 0.207. The molecule has 0 bridgehead atoms. The van der Waals surface area contributed by atoms with Gasteiger partial charge in [-0.15, -0.1) is 0 Å². The van der Waals surface area contributed by atoms with Gasteiger partial charge < -0.3 is 20.8 Å². The molecular formula is C15H17N5O. The molecule has 21 heavy (non-hydrogen) atoms. The summed E-state index contributed by atoms with van der Waals surface area (Å²) >= 11 is 0. The average Bonchev–Trinajstić information content (AvgIpc) is 3.08. The van der Waals surface area contributed by atoms with E-state index in [2.05, 4.69) is 32.9 Å². The fraction of sp³-hybridized carbons (Fsp3) is 0.333. The van der Waals surface area contributed by atoms with Crippen LogP contribution in [-0.4, -0.2) is 27.2 Å². The second kappa shape index (κ2) is 4.60. The first kappa shape index (κ1) is 12.4. The summed E-state index contributed by atoms with van der Waals surface area (Å²) < 4.78 is 7.92. The number of anilines is 2. The molecule has 6 nitrogen and oxygen atoms in total. The molecule has 1 atom stereocenters. The molecule has 4 N–H and O–H groups in total. The molecule has 2 aromatic heterocycles. The Hall–Kier alpha value is -2.34. The zero-order chi connectivity index (χ0) is 14.4. The van der Waals surface area contributed by atoms with Crippen LogP contribution < -0.4 is 11.5 Å². The van der Waals surface area contributed by atoms with Gasteiger partial charge in [0.25, 0.3) is 0 Å². The van der Waals surface area contributed by atoms with E-state index >= 15 is 0 Å². The maximum Gasteiger partial charge on any atom is 0.222 e. The predicted octanol–water partition coefficient (Wildman–Crippen LogP) is 1.93. The largest absolute Gasteiger partial charge is 0.383 e. The summed E-state index contributed by atoms with van der Waals surface area (Å²) in [5.74, 6) is 0.635. The zero-order valence-electron chi connectivity index (χ0n) is 11.6. The van der Waals surface area contributed by atoms with Gasteiger partial charge in [-0.1, -0.05) is 0 Å². The van der Waals surface area contributed by atoms with Gasteiger partial charge in [-0.3, -0.25) is 0 Å². The summed E-state index contributed by atoms with van der Waals surface area (Å²) in [6.45, 7) is 1.73. The van der Waals surface area contributed by atoms with Gasteiger partial charge in [-0.2, -0.15) is 4.98 Å². The van der Waals surface area contributed by atoms with E-state index in [4.69, 9.17) is 16.2 Å². The number of ether oxygens (including phenoxy) is 1. The molecule has 0 saturated carbocycles. The first-order valence-electron chi connectivity index (χ1n) is 7.14. The van der Waals surface area contributed by atoms with Crippen LogP contribution in [0.1, 0.15) is 12.8 Å². The van der Waals surface area contributed by atoms with Gasteiger partial charge >= 0.3 is 0 Å². The molecule has 6 heteroatoms. The average molecular weight is 283 g/mol. The van der Waals surface area contributed by atoms with Gasteiger partial charge in [-0.25, -0.2) is 4.98 Å². The Morgan fingerprint density at radius 1 is 1.24 bits per heavy atom. The smallest absolute Gasteiger partial charge is 0.222 e. The number of hydrogen-bond donors (Lipinski definition) is 2. The number of nitrogens with two attached hydrogens (primary N) is 2. The number of nitrogens with zero attached hydrogens (tertiary/aromatic N) is 3. The van der Waals surface area contributed by atoms with Crippen molar-refractivity contribution in [2.45, 2.75) is 25.5 Å². The monoisotopic (exact) mass is 283 g/mol. The minimum absolute atomic E-state index is 0.207. The Balaban J connectivity index is 1.87. The highest BCUT2D eigenvalue weighted by molar-refractivity contribution is 6.10. The Kier molecular flexibility index (Phi) is 2.71. The molecule has 3 aromatic rings. The second-order valence-electron chi connectivity index (χ2n) is 5.46. The van der Waals surface area contributed by atoms with E-state index in [1.165, 1.54) is 0 Å². The Labute approximate surface area is 121 Å². The molecule has 0 aliphatic carbocycles. The third kappa shape index (κ3) is 1.99. The standard InChI is InChI=1S/C15H17N5O/c16-14-13-10-5-6-20(8-9-2-1-7-21-9)12(10)4-3-11(13)18-15(17)19-14/h3-6,9H,1-2,7-8H2,(H4,16,17,18,19). The van der Waals surface area contributed by atoms with Crippen LogP contribution in [0.25, 0.3) is 21.8 Å². The van der Waals surface area contributed by atoms with E-state index in [9.17, 15) is 0 Å². The van der Waals surface area contributed by atoms with E-state index < -0.39 is 0 Å². The lowest BCUT2D eigenvalue weighted by Crippen LogP contribution is -2.14. The number of benzene rings is 1. The molecule has 1 aliphatic heterocycles. The molecule has 4 rings (SSSR count). The van der Waals surface area contributed by atoms with Crippen molar-refractivity contribution in [3.05, 3.63) is 24.4 Å². The molecule has 1 unspecified atom stereocenters. The molecule has 3 heterocycles. The van der Waals surface area contributed by atoms with Crippen LogP contribution in [0.2, 0.25) is 0 Å². The van der Waals surface area contributed by atoms with Gasteiger partial charge in [0.05, 0.1) is 17.0 Å². The minimum Gasteiger partial charge on any atom is -0.383 e. The van der Waals surface area contributed by atoms with Gasteiger partial charge in [0, 0.05) is 30.3 Å². The van der Waals surface area contributed by atoms with Crippen LogP contribution in [0.15, 0.2) is 24.4 Å². The fourth-order valence-electron chi connectivity index (χ4n) is 3.12. The summed E-state index contributed by atoms with van der Waals surface area (Å²) in [7, 11) is 0. The molecule has 1 aromatic carbocycles. The lowest BCUT2D eigenvalue weighted by atomic mass is 10.1. The van der Waals surface area contributed by atoms with Crippen LogP contribution >= 0.6 is 0 Å². The SMILES string of the molecule is Nc1nc(N)c2c(ccc3c2ccn3CC2CCCO2)n1.